The molecule has 0 atom stereocenters. The zero-order valence-corrected chi connectivity index (χ0v) is 17.3. The van der Waals surface area contributed by atoms with Crippen molar-refractivity contribution in [2.75, 3.05) is 4.72 Å². The molecule has 0 heterocycles. The Morgan fingerprint density at radius 3 is 2.20 bits per heavy atom. The van der Waals surface area contributed by atoms with Crippen LogP contribution in [0.2, 0.25) is 0 Å². The Balaban J connectivity index is 1.60. The van der Waals surface area contributed by atoms with Gasteiger partial charge in [0.15, 0.2) is 0 Å². The monoisotopic (exact) mass is 430 g/mol. The van der Waals surface area contributed by atoms with Gasteiger partial charge >= 0.3 is 11.8 Å². The normalized spacial score (nSPS) is 13.3. The average molecular weight is 430 g/mol. The van der Waals surface area contributed by atoms with Crippen LogP contribution in [0.25, 0.3) is 0 Å². The number of hydrogen-bond acceptors (Lipinski definition) is 5. The number of benzene rings is 2. The maximum atomic E-state index is 12.6. The Labute approximate surface area is 174 Å². The number of hydrazine groups is 1. The summed E-state index contributed by atoms with van der Waals surface area (Å²) in [5.74, 6) is -2.42. The lowest BCUT2D eigenvalue weighted by Gasteiger charge is -2.12. The lowest BCUT2D eigenvalue weighted by molar-refractivity contribution is -0.139. The van der Waals surface area contributed by atoms with Crippen LogP contribution in [0.15, 0.2) is 47.4 Å². The number of rotatable bonds is 5. The van der Waals surface area contributed by atoms with Crippen molar-refractivity contribution >= 4 is 33.4 Å². The van der Waals surface area contributed by atoms with E-state index in [2.05, 4.69) is 15.5 Å². The molecule has 0 spiro atoms. The largest absolute Gasteiger partial charge is 0.345 e. The van der Waals surface area contributed by atoms with E-state index >= 15 is 0 Å². The Morgan fingerprint density at radius 1 is 0.900 bits per heavy atom. The summed E-state index contributed by atoms with van der Waals surface area (Å²) in [4.78, 5) is 35.5. The molecule has 2 aromatic rings. The van der Waals surface area contributed by atoms with E-state index in [-0.39, 0.29) is 22.2 Å². The van der Waals surface area contributed by atoms with Crippen LogP contribution >= 0.6 is 0 Å². The highest BCUT2D eigenvalue weighted by molar-refractivity contribution is 7.92. The number of anilines is 1. The van der Waals surface area contributed by atoms with Gasteiger partial charge in [-0.25, -0.2) is 8.42 Å². The van der Waals surface area contributed by atoms with Crippen molar-refractivity contribution in [1.82, 2.24) is 16.2 Å². The minimum Gasteiger partial charge on any atom is -0.345 e. The molecule has 9 nitrogen and oxygen atoms in total. The van der Waals surface area contributed by atoms with Crippen molar-refractivity contribution in [3.63, 3.8) is 0 Å². The number of hydrogen-bond donors (Lipinski definition) is 4. The first-order valence-corrected chi connectivity index (χ1v) is 10.8. The molecule has 0 saturated heterocycles. The van der Waals surface area contributed by atoms with Crippen LogP contribution in [0.1, 0.15) is 34.3 Å². The van der Waals surface area contributed by atoms with Gasteiger partial charge in [-0.3, -0.25) is 30.0 Å². The van der Waals surface area contributed by atoms with Crippen LogP contribution < -0.4 is 20.9 Å². The quantitative estimate of drug-likeness (QED) is 0.417. The number of amides is 3. The third-order valence-electron chi connectivity index (χ3n) is 4.44. The lowest BCUT2D eigenvalue weighted by atomic mass is 10.2. The fourth-order valence-electron chi connectivity index (χ4n) is 2.62. The highest BCUT2D eigenvalue weighted by Gasteiger charge is 2.26. The molecular formula is C20H22N4O5S. The summed E-state index contributed by atoms with van der Waals surface area (Å²) in [6.45, 7) is 3.51. The van der Waals surface area contributed by atoms with E-state index in [1.165, 1.54) is 24.3 Å². The van der Waals surface area contributed by atoms with Crippen molar-refractivity contribution in [2.45, 2.75) is 37.6 Å². The van der Waals surface area contributed by atoms with Crippen LogP contribution in [0.5, 0.6) is 0 Å². The van der Waals surface area contributed by atoms with Gasteiger partial charge in [-0.15, -0.1) is 0 Å². The van der Waals surface area contributed by atoms with Crippen molar-refractivity contribution < 1.29 is 22.8 Å². The molecule has 2 aromatic carbocycles. The van der Waals surface area contributed by atoms with Gasteiger partial charge in [0.1, 0.15) is 0 Å². The fourth-order valence-corrected chi connectivity index (χ4v) is 4.01. The number of sulfonamides is 1. The number of carbonyl (C=O) groups is 3. The first-order valence-electron chi connectivity index (χ1n) is 9.27. The zero-order valence-electron chi connectivity index (χ0n) is 16.5. The van der Waals surface area contributed by atoms with Gasteiger partial charge in [0.05, 0.1) is 4.90 Å². The topological polar surface area (TPSA) is 133 Å². The molecule has 158 valence electrons. The predicted molar refractivity (Wildman–Crippen MR) is 110 cm³/mol. The Hall–Kier alpha value is -3.40. The predicted octanol–water partition coefficient (Wildman–Crippen LogP) is 1.14. The Kier molecular flexibility index (Phi) is 6.06. The molecule has 3 amide bonds. The van der Waals surface area contributed by atoms with Crippen LogP contribution in [-0.4, -0.2) is 32.2 Å². The summed E-state index contributed by atoms with van der Waals surface area (Å²) < 4.78 is 27.8. The van der Waals surface area contributed by atoms with Gasteiger partial charge in [-0.2, -0.15) is 0 Å². The molecule has 4 N–H and O–H groups in total. The third-order valence-corrected chi connectivity index (χ3v) is 5.96. The molecule has 10 heteroatoms. The van der Waals surface area contributed by atoms with Crippen molar-refractivity contribution in [1.29, 1.82) is 0 Å². The van der Waals surface area contributed by atoms with Crippen LogP contribution in [-0.2, 0) is 19.6 Å². The van der Waals surface area contributed by atoms with E-state index in [0.29, 0.717) is 5.56 Å². The van der Waals surface area contributed by atoms with E-state index in [9.17, 15) is 22.8 Å². The number of aryl methyl sites for hydroxylation is 2. The zero-order chi connectivity index (χ0) is 21.9. The maximum absolute atomic E-state index is 12.6. The highest BCUT2D eigenvalue weighted by Crippen LogP contribution is 2.21. The smallest absolute Gasteiger partial charge is 0.327 e. The first-order chi connectivity index (χ1) is 14.2. The van der Waals surface area contributed by atoms with Gasteiger partial charge < -0.3 is 5.32 Å². The molecular weight excluding hydrogens is 408 g/mol. The molecule has 0 radical (unpaired) electrons. The molecule has 1 fully saturated rings. The summed E-state index contributed by atoms with van der Waals surface area (Å²) in [7, 11) is -3.79. The third kappa shape index (κ3) is 5.35. The highest BCUT2D eigenvalue weighted by atomic mass is 32.2. The molecule has 1 saturated carbocycles. The van der Waals surface area contributed by atoms with E-state index in [1.54, 1.807) is 26.0 Å². The Morgan fingerprint density at radius 2 is 1.57 bits per heavy atom. The van der Waals surface area contributed by atoms with Crippen LogP contribution in [0.4, 0.5) is 5.69 Å². The molecule has 0 aromatic heterocycles. The fraction of sp³-hybridized carbons (Fsp3) is 0.250. The molecule has 0 unspecified atom stereocenters. The van der Waals surface area contributed by atoms with Crippen molar-refractivity contribution in [3.8, 4) is 0 Å². The van der Waals surface area contributed by atoms with E-state index in [4.69, 9.17) is 0 Å². The summed E-state index contributed by atoms with van der Waals surface area (Å²) in [6, 6.07) is 10.8. The number of carbonyl (C=O) groups excluding carboxylic acids is 3. The van der Waals surface area contributed by atoms with Gasteiger partial charge in [-0.05, 0) is 68.1 Å². The molecule has 0 aliphatic heterocycles. The second-order valence-corrected chi connectivity index (χ2v) is 8.76. The molecule has 3 rings (SSSR count). The van der Waals surface area contributed by atoms with Crippen molar-refractivity contribution in [2.24, 2.45) is 0 Å². The van der Waals surface area contributed by atoms with Crippen LogP contribution in [0, 0.1) is 13.8 Å². The lowest BCUT2D eigenvalue weighted by Crippen LogP contribution is -2.48. The van der Waals surface area contributed by atoms with Crippen LogP contribution in [0.3, 0.4) is 0 Å². The first kappa shape index (κ1) is 21.3. The second-order valence-electron chi connectivity index (χ2n) is 7.11. The van der Waals surface area contributed by atoms with E-state index in [1.807, 2.05) is 11.5 Å². The number of nitrogens with one attached hydrogen (secondary N) is 4. The van der Waals surface area contributed by atoms with E-state index < -0.39 is 27.7 Å². The Bertz CT molecular complexity index is 1090. The van der Waals surface area contributed by atoms with Gasteiger partial charge in [0.25, 0.3) is 15.9 Å². The minimum atomic E-state index is -3.79. The summed E-state index contributed by atoms with van der Waals surface area (Å²) >= 11 is 0. The van der Waals surface area contributed by atoms with Gasteiger partial charge in [0, 0.05) is 17.3 Å². The molecule has 1 aliphatic carbocycles. The molecule has 30 heavy (non-hydrogen) atoms. The summed E-state index contributed by atoms with van der Waals surface area (Å²) in [6.07, 6.45) is 1.68. The average Bonchev–Trinajstić information content (AvgIpc) is 3.51. The molecule has 1 aliphatic rings. The maximum Gasteiger partial charge on any atom is 0.327 e. The van der Waals surface area contributed by atoms with Gasteiger partial charge in [-0.1, -0.05) is 12.1 Å². The van der Waals surface area contributed by atoms with Gasteiger partial charge in [0.2, 0.25) is 0 Å². The summed E-state index contributed by atoms with van der Waals surface area (Å²) in [5, 5.41) is 2.50. The standard InChI is InChI=1S/C20H22N4O5S/c1-12-3-4-13(2)17(11-12)30(28,29)24-16-7-5-14(6-8-16)18(25)22-23-20(27)19(26)21-15-9-10-15/h3-8,11,15,24H,9-10H2,1-2H3,(H,21,26)(H,22,25)(H,23,27). The second kappa shape index (κ2) is 8.54. The summed E-state index contributed by atoms with van der Waals surface area (Å²) in [5.41, 5.74) is 6.07. The minimum absolute atomic E-state index is 0.0267. The SMILES string of the molecule is Cc1ccc(C)c(S(=O)(=O)Nc2ccc(C(=O)NNC(=O)C(=O)NC3CC3)cc2)c1. The molecule has 0 bridgehead atoms. The van der Waals surface area contributed by atoms with E-state index in [0.717, 1.165) is 18.4 Å². The van der Waals surface area contributed by atoms with Crippen molar-refractivity contribution in [3.05, 3.63) is 59.2 Å².